The molecule has 2 aromatic carbocycles. The number of Topliss-reactive ketones (excluding diaryl/α,β-unsaturated/α-hetero) is 1. The average molecular weight is 471 g/mol. The Kier molecular flexibility index (Phi) is 5.72. The smallest absolute Gasteiger partial charge is 0.416 e. The van der Waals surface area contributed by atoms with Gasteiger partial charge in [-0.2, -0.15) is 13.2 Å². The van der Waals surface area contributed by atoms with E-state index in [0.29, 0.717) is 22.4 Å². The number of carbonyl (C=O) groups is 2. The number of hydrogen-bond acceptors (Lipinski definition) is 5. The molecule has 1 aliphatic rings. The first-order chi connectivity index (χ1) is 16.0. The fraction of sp³-hybridized carbons (Fsp3) is 0.200. The van der Waals surface area contributed by atoms with Gasteiger partial charge in [0.05, 0.1) is 24.5 Å². The average Bonchev–Trinajstić information content (AvgIpc) is 3.41. The van der Waals surface area contributed by atoms with Crippen molar-refractivity contribution in [3.05, 3.63) is 88.4 Å². The minimum atomic E-state index is -4.56. The van der Waals surface area contributed by atoms with E-state index >= 15 is 0 Å². The molecule has 1 fully saturated rings. The van der Waals surface area contributed by atoms with Gasteiger partial charge < -0.3 is 14.3 Å². The van der Waals surface area contributed by atoms with Crippen molar-refractivity contribution in [2.45, 2.75) is 26.1 Å². The molecule has 1 N–H and O–H groups in total. The first-order valence-corrected chi connectivity index (χ1v) is 10.2. The lowest BCUT2D eigenvalue weighted by molar-refractivity contribution is -0.137. The van der Waals surface area contributed by atoms with Crippen LogP contribution in [0.25, 0.3) is 5.76 Å². The SMILES string of the molecule is COc1cc(C)c(/C(O)=C2/C(=O)C(=O)N(c3ccc(C(F)(F)F)cc3)C2c2ccco2)cc1C. The molecule has 3 aromatic rings. The van der Waals surface area contributed by atoms with Crippen LogP contribution >= 0.6 is 0 Å². The minimum absolute atomic E-state index is 0.0539. The van der Waals surface area contributed by atoms with E-state index in [-0.39, 0.29) is 17.0 Å². The van der Waals surface area contributed by atoms with Gasteiger partial charge in [-0.25, -0.2) is 0 Å². The number of alkyl halides is 3. The lowest BCUT2D eigenvalue weighted by atomic mass is 9.95. The molecule has 1 saturated heterocycles. The number of hydrogen-bond donors (Lipinski definition) is 1. The molecular formula is C25H20F3NO5. The van der Waals surface area contributed by atoms with Crippen LogP contribution < -0.4 is 9.64 Å². The molecule has 0 radical (unpaired) electrons. The maximum absolute atomic E-state index is 13.1. The molecule has 0 saturated carbocycles. The van der Waals surface area contributed by atoms with Crippen molar-refractivity contribution >= 4 is 23.1 Å². The first-order valence-electron chi connectivity index (χ1n) is 10.2. The summed E-state index contributed by atoms with van der Waals surface area (Å²) in [6, 6.07) is 9.08. The highest BCUT2D eigenvalue weighted by molar-refractivity contribution is 6.51. The number of amides is 1. The Bertz CT molecular complexity index is 1290. The quantitative estimate of drug-likeness (QED) is 0.307. The summed E-state index contributed by atoms with van der Waals surface area (Å²) in [4.78, 5) is 27.2. The number of ketones is 1. The number of benzene rings is 2. The molecule has 0 aliphatic carbocycles. The number of aliphatic hydroxyl groups excluding tert-OH is 1. The van der Waals surface area contributed by atoms with Crippen molar-refractivity contribution < 1.29 is 37.0 Å². The largest absolute Gasteiger partial charge is 0.507 e. The highest BCUT2D eigenvalue weighted by atomic mass is 19.4. The monoisotopic (exact) mass is 471 g/mol. The number of methoxy groups -OCH3 is 1. The molecule has 0 spiro atoms. The molecule has 6 nitrogen and oxygen atoms in total. The third-order valence-electron chi connectivity index (χ3n) is 5.73. The number of halogens is 3. The molecule has 2 heterocycles. The van der Waals surface area contributed by atoms with Crippen molar-refractivity contribution in [1.29, 1.82) is 0 Å². The molecule has 1 aromatic heterocycles. The van der Waals surface area contributed by atoms with E-state index in [1.54, 1.807) is 32.0 Å². The van der Waals surface area contributed by atoms with Gasteiger partial charge in [-0.15, -0.1) is 0 Å². The van der Waals surface area contributed by atoms with Crippen LogP contribution in [0.2, 0.25) is 0 Å². The van der Waals surface area contributed by atoms with Crippen LogP contribution in [0.5, 0.6) is 5.75 Å². The Morgan fingerprint density at radius 3 is 2.29 bits per heavy atom. The van der Waals surface area contributed by atoms with Gasteiger partial charge >= 0.3 is 6.18 Å². The van der Waals surface area contributed by atoms with Crippen LogP contribution in [0, 0.1) is 13.8 Å². The number of ether oxygens (including phenoxy) is 1. The minimum Gasteiger partial charge on any atom is -0.507 e. The van der Waals surface area contributed by atoms with Gasteiger partial charge in [0.1, 0.15) is 23.3 Å². The van der Waals surface area contributed by atoms with Crippen molar-refractivity contribution in [1.82, 2.24) is 0 Å². The summed E-state index contributed by atoms with van der Waals surface area (Å²) in [6.07, 6.45) is -3.22. The van der Waals surface area contributed by atoms with Gasteiger partial charge in [0, 0.05) is 11.3 Å². The summed E-state index contributed by atoms with van der Waals surface area (Å²) >= 11 is 0. The maximum atomic E-state index is 13.1. The summed E-state index contributed by atoms with van der Waals surface area (Å²) in [7, 11) is 1.51. The maximum Gasteiger partial charge on any atom is 0.416 e. The van der Waals surface area contributed by atoms with Crippen LogP contribution in [0.3, 0.4) is 0 Å². The Labute approximate surface area is 192 Å². The first kappa shape index (κ1) is 23.2. The van der Waals surface area contributed by atoms with Crippen LogP contribution in [-0.4, -0.2) is 23.9 Å². The van der Waals surface area contributed by atoms with Crippen LogP contribution in [-0.2, 0) is 15.8 Å². The molecule has 1 amide bonds. The molecule has 0 bridgehead atoms. The number of aliphatic hydroxyl groups is 1. The third-order valence-corrected chi connectivity index (χ3v) is 5.73. The zero-order chi connectivity index (χ0) is 24.8. The highest BCUT2D eigenvalue weighted by Crippen LogP contribution is 2.43. The van der Waals surface area contributed by atoms with Crippen LogP contribution in [0.4, 0.5) is 18.9 Å². The number of nitrogens with zero attached hydrogens (tertiary/aromatic N) is 1. The lowest BCUT2D eigenvalue weighted by Gasteiger charge is -2.24. The number of carbonyl (C=O) groups excluding carboxylic acids is 2. The van der Waals surface area contributed by atoms with E-state index in [2.05, 4.69) is 0 Å². The molecule has 34 heavy (non-hydrogen) atoms. The third kappa shape index (κ3) is 3.83. The van der Waals surface area contributed by atoms with E-state index in [9.17, 15) is 27.9 Å². The van der Waals surface area contributed by atoms with Crippen LogP contribution in [0.1, 0.15) is 34.1 Å². The number of rotatable bonds is 4. The second kappa shape index (κ2) is 8.40. The number of anilines is 1. The van der Waals surface area contributed by atoms with Crippen molar-refractivity contribution in [3.8, 4) is 5.75 Å². The van der Waals surface area contributed by atoms with Gasteiger partial charge in [0.2, 0.25) is 0 Å². The Hall–Kier alpha value is -4.01. The Balaban J connectivity index is 1.90. The molecule has 4 rings (SSSR count). The standard InChI is InChI=1S/C25H20F3NO5/c1-13-12-19(33-3)14(2)11-17(13)22(30)20-21(18-5-4-10-34-18)29(24(32)23(20)31)16-8-6-15(7-9-16)25(26,27)28/h4-12,21,30H,1-3H3/b22-20-. The van der Waals surface area contributed by atoms with E-state index < -0.39 is 35.2 Å². The fourth-order valence-corrected chi connectivity index (χ4v) is 4.04. The van der Waals surface area contributed by atoms with Gasteiger partial charge in [0.15, 0.2) is 0 Å². The van der Waals surface area contributed by atoms with Gasteiger partial charge in [0.25, 0.3) is 11.7 Å². The Morgan fingerprint density at radius 1 is 1.06 bits per heavy atom. The summed E-state index contributed by atoms with van der Waals surface area (Å²) in [5.41, 5.74) is 0.540. The van der Waals surface area contributed by atoms with Gasteiger partial charge in [-0.3, -0.25) is 14.5 Å². The predicted octanol–water partition coefficient (Wildman–Crippen LogP) is 5.55. The summed E-state index contributed by atoms with van der Waals surface area (Å²) in [5.74, 6) is -1.64. The highest BCUT2D eigenvalue weighted by Gasteiger charge is 2.48. The molecule has 9 heteroatoms. The van der Waals surface area contributed by atoms with Crippen molar-refractivity contribution in [2.75, 3.05) is 12.0 Å². The summed E-state index contributed by atoms with van der Waals surface area (Å²) < 4.78 is 49.8. The van der Waals surface area contributed by atoms with E-state index in [4.69, 9.17) is 9.15 Å². The van der Waals surface area contributed by atoms with Crippen molar-refractivity contribution in [3.63, 3.8) is 0 Å². The zero-order valence-corrected chi connectivity index (χ0v) is 18.4. The second-order valence-electron chi connectivity index (χ2n) is 7.87. The van der Waals surface area contributed by atoms with E-state index in [1.807, 2.05) is 0 Å². The summed E-state index contributed by atoms with van der Waals surface area (Å²) in [6.45, 7) is 3.48. The van der Waals surface area contributed by atoms with Crippen LogP contribution in [0.15, 0.2) is 64.8 Å². The predicted molar refractivity (Wildman–Crippen MR) is 117 cm³/mol. The lowest BCUT2D eigenvalue weighted by Crippen LogP contribution is -2.29. The summed E-state index contributed by atoms with van der Waals surface area (Å²) in [5, 5.41) is 11.2. The Morgan fingerprint density at radius 2 is 1.74 bits per heavy atom. The normalized spacial score (nSPS) is 17.9. The fourth-order valence-electron chi connectivity index (χ4n) is 4.04. The topological polar surface area (TPSA) is 80.0 Å². The van der Waals surface area contributed by atoms with E-state index in [1.165, 1.54) is 19.4 Å². The zero-order valence-electron chi connectivity index (χ0n) is 18.4. The second-order valence-corrected chi connectivity index (χ2v) is 7.87. The van der Waals surface area contributed by atoms with E-state index in [0.717, 1.165) is 29.2 Å². The molecular weight excluding hydrogens is 451 g/mol. The van der Waals surface area contributed by atoms with Crippen molar-refractivity contribution in [2.24, 2.45) is 0 Å². The molecule has 1 atom stereocenters. The number of furan rings is 1. The molecule has 1 unspecified atom stereocenters. The molecule has 176 valence electrons. The number of aryl methyl sites for hydroxylation is 2. The van der Waals surface area contributed by atoms with Gasteiger partial charge in [-0.1, -0.05) is 0 Å². The van der Waals surface area contributed by atoms with Gasteiger partial charge in [-0.05, 0) is 73.5 Å². The molecule has 1 aliphatic heterocycles.